The molecule has 1 aliphatic heterocycles. The van der Waals surface area contributed by atoms with E-state index in [1.54, 1.807) is 47.1 Å². The standard InChI is InChI=1S/C21H16Cl2N6O2/c22-13-5-6-15(23)14(9-13)17-16(20(25)30)19-18(12-3-1-11(10-24)2-4-12)28(21(26)31)7-8-29(19)27-17/h1-6,9,18H,7-8H2,(H2,25,30)(H2,26,31). The van der Waals surface area contributed by atoms with Crippen molar-refractivity contribution in [3.05, 3.63) is 74.9 Å². The number of amides is 3. The molecule has 10 heteroatoms. The van der Waals surface area contributed by atoms with E-state index in [0.29, 0.717) is 39.0 Å². The Hall–Kier alpha value is -3.54. The fourth-order valence-corrected chi connectivity index (χ4v) is 4.21. The monoisotopic (exact) mass is 454 g/mol. The van der Waals surface area contributed by atoms with Crippen molar-refractivity contribution in [2.45, 2.75) is 12.6 Å². The van der Waals surface area contributed by atoms with Gasteiger partial charge in [0.1, 0.15) is 11.7 Å². The van der Waals surface area contributed by atoms with Crippen molar-refractivity contribution in [1.29, 1.82) is 5.26 Å². The zero-order valence-corrected chi connectivity index (χ0v) is 17.6. The first kappa shape index (κ1) is 20.7. The van der Waals surface area contributed by atoms with Gasteiger partial charge in [-0.25, -0.2) is 4.79 Å². The smallest absolute Gasteiger partial charge is 0.315 e. The zero-order valence-electron chi connectivity index (χ0n) is 16.0. The molecule has 156 valence electrons. The molecule has 1 aromatic heterocycles. The van der Waals surface area contributed by atoms with Gasteiger partial charge in [-0.05, 0) is 35.9 Å². The SMILES string of the molecule is N#Cc1ccc(C2c3c(C(N)=O)c(-c4cc(Cl)ccc4Cl)nn3CCN2C(N)=O)cc1. The highest BCUT2D eigenvalue weighted by Crippen LogP contribution is 2.40. The van der Waals surface area contributed by atoms with E-state index in [2.05, 4.69) is 11.2 Å². The van der Waals surface area contributed by atoms with Gasteiger partial charge in [0.2, 0.25) is 0 Å². The van der Waals surface area contributed by atoms with Crippen molar-refractivity contribution in [3.63, 3.8) is 0 Å². The molecule has 3 amide bonds. The van der Waals surface area contributed by atoms with Crippen LogP contribution in [0.15, 0.2) is 42.5 Å². The van der Waals surface area contributed by atoms with Crippen LogP contribution in [0.3, 0.4) is 0 Å². The number of aromatic nitrogens is 2. The number of primary amides is 2. The minimum Gasteiger partial charge on any atom is -0.365 e. The summed E-state index contributed by atoms with van der Waals surface area (Å²) in [6, 6.07) is 12.2. The van der Waals surface area contributed by atoms with Crippen LogP contribution < -0.4 is 11.5 Å². The van der Waals surface area contributed by atoms with Crippen LogP contribution in [-0.4, -0.2) is 33.2 Å². The summed E-state index contributed by atoms with van der Waals surface area (Å²) in [5, 5.41) is 14.5. The van der Waals surface area contributed by atoms with Crippen LogP contribution in [0.1, 0.15) is 33.2 Å². The highest BCUT2D eigenvalue weighted by Gasteiger charge is 2.38. The Kier molecular flexibility index (Phi) is 5.31. The predicted octanol–water partition coefficient (Wildman–Crippen LogP) is 3.31. The molecule has 8 nitrogen and oxygen atoms in total. The van der Waals surface area contributed by atoms with Gasteiger partial charge < -0.3 is 16.4 Å². The number of nitrogens with two attached hydrogens (primary N) is 2. The van der Waals surface area contributed by atoms with Crippen LogP contribution in [0.25, 0.3) is 11.3 Å². The Morgan fingerprint density at radius 3 is 2.42 bits per heavy atom. The lowest BCUT2D eigenvalue weighted by Crippen LogP contribution is -2.46. The Labute approximate surface area is 187 Å². The van der Waals surface area contributed by atoms with Gasteiger partial charge in [-0.3, -0.25) is 9.48 Å². The number of hydrogen-bond donors (Lipinski definition) is 2. The normalized spacial score (nSPS) is 15.3. The fraction of sp³-hybridized carbons (Fsp3) is 0.143. The van der Waals surface area contributed by atoms with Crippen molar-refractivity contribution < 1.29 is 9.59 Å². The Balaban J connectivity index is 1.99. The Bertz CT molecular complexity index is 1250. The number of benzene rings is 2. The molecule has 0 bridgehead atoms. The molecule has 0 saturated carbocycles. The largest absolute Gasteiger partial charge is 0.365 e. The molecule has 4 rings (SSSR count). The van der Waals surface area contributed by atoms with Gasteiger partial charge in [0, 0.05) is 17.1 Å². The zero-order chi connectivity index (χ0) is 22.3. The molecular weight excluding hydrogens is 439 g/mol. The summed E-state index contributed by atoms with van der Waals surface area (Å²) in [7, 11) is 0. The van der Waals surface area contributed by atoms with Crippen molar-refractivity contribution in [2.75, 3.05) is 6.54 Å². The maximum Gasteiger partial charge on any atom is 0.315 e. The van der Waals surface area contributed by atoms with Crippen LogP contribution >= 0.6 is 23.2 Å². The molecule has 0 saturated heterocycles. The van der Waals surface area contributed by atoms with Crippen molar-refractivity contribution in [3.8, 4) is 17.3 Å². The van der Waals surface area contributed by atoms with Crippen molar-refractivity contribution >= 4 is 35.1 Å². The van der Waals surface area contributed by atoms with E-state index < -0.39 is 18.0 Å². The van der Waals surface area contributed by atoms with E-state index in [1.165, 1.54) is 4.90 Å². The van der Waals surface area contributed by atoms with Gasteiger partial charge in [-0.15, -0.1) is 0 Å². The topological polar surface area (TPSA) is 131 Å². The van der Waals surface area contributed by atoms with E-state index in [4.69, 9.17) is 39.9 Å². The molecule has 31 heavy (non-hydrogen) atoms. The molecule has 2 aromatic carbocycles. The average Bonchev–Trinajstić information content (AvgIpc) is 3.14. The summed E-state index contributed by atoms with van der Waals surface area (Å²) in [6.07, 6.45) is 0. The molecule has 4 N–H and O–H groups in total. The maximum atomic E-state index is 12.6. The lowest BCUT2D eigenvalue weighted by atomic mass is 9.94. The molecule has 0 spiro atoms. The third-order valence-corrected chi connectivity index (χ3v) is 5.75. The van der Waals surface area contributed by atoms with Gasteiger partial charge in [0.25, 0.3) is 5.91 Å². The summed E-state index contributed by atoms with van der Waals surface area (Å²) in [5.74, 6) is -0.725. The number of urea groups is 1. The molecule has 1 unspecified atom stereocenters. The molecule has 0 radical (unpaired) electrons. The number of carbonyl (C=O) groups is 2. The summed E-state index contributed by atoms with van der Waals surface area (Å²) >= 11 is 12.5. The number of carbonyl (C=O) groups excluding carboxylic acids is 2. The lowest BCUT2D eigenvalue weighted by Gasteiger charge is -2.35. The highest BCUT2D eigenvalue weighted by atomic mass is 35.5. The molecular formula is C21H16Cl2N6O2. The Morgan fingerprint density at radius 1 is 1.10 bits per heavy atom. The summed E-state index contributed by atoms with van der Waals surface area (Å²) in [6.45, 7) is 0.582. The first-order valence-electron chi connectivity index (χ1n) is 9.24. The first-order chi connectivity index (χ1) is 14.8. The minimum absolute atomic E-state index is 0.129. The summed E-state index contributed by atoms with van der Waals surface area (Å²) in [4.78, 5) is 26.3. The molecule has 3 aromatic rings. The second-order valence-electron chi connectivity index (χ2n) is 6.99. The molecule has 1 aliphatic rings. The minimum atomic E-state index is -0.725. The third kappa shape index (κ3) is 3.58. The Morgan fingerprint density at radius 2 is 1.81 bits per heavy atom. The van der Waals surface area contributed by atoms with Crippen LogP contribution in [0.2, 0.25) is 10.0 Å². The number of halogens is 2. The number of nitriles is 1. The van der Waals surface area contributed by atoms with Gasteiger partial charge in [0.15, 0.2) is 0 Å². The van der Waals surface area contributed by atoms with Gasteiger partial charge >= 0.3 is 6.03 Å². The number of rotatable bonds is 3. The molecule has 0 fully saturated rings. The average molecular weight is 455 g/mol. The summed E-state index contributed by atoms with van der Waals surface area (Å²) < 4.78 is 1.63. The number of hydrogen-bond acceptors (Lipinski definition) is 4. The van der Waals surface area contributed by atoms with E-state index in [-0.39, 0.29) is 17.8 Å². The fourth-order valence-electron chi connectivity index (χ4n) is 3.83. The van der Waals surface area contributed by atoms with Gasteiger partial charge in [-0.1, -0.05) is 35.3 Å². The molecule has 0 aliphatic carbocycles. The first-order valence-corrected chi connectivity index (χ1v) is 9.99. The third-order valence-electron chi connectivity index (χ3n) is 5.18. The van der Waals surface area contributed by atoms with E-state index in [0.717, 1.165) is 0 Å². The second-order valence-corrected chi connectivity index (χ2v) is 7.83. The van der Waals surface area contributed by atoms with E-state index in [9.17, 15) is 9.59 Å². The molecule has 1 atom stereocenters. The predicted molar refractivity (Wildman–Crippen MR) is 115 cm³/mol. The van der Waals surface area contributed by atoms with Crippen molar-refractivity contribution in [2.24, 2.45) is 11.5 Å². The van der Waals surface area contributed by atoms with Crippen LogP contribution in [0.5, 0.6) is 0 Å². The highest BCUT2D eigenvalue weighted by molar-refractivity contribution is 6.35. The second kappa shape index (κ2) is 7.95. The van der Waals surface area contributed by atoms with Crippen LogP contribution in [0, 0.1) is 11.3 Å². The van der Waals surface area contributed by atoms with Gasteiger partial charge in [0.05, 0.1) is 34.5 Å². The number of fused-ring (bicyclic) bond motifs is 1. The van der Waals surface area contributed by atoms with Crippen molar-refractivity contribution in [1.82, 2.24) is 14.7 Å². The van der Waals surface area contributed by atoms with Crippen LogP contribution in [-0.2, 0) is 6.54 Å². The quantitative estimate of drug-likeness (QED) is 0.627. The molecule has 2 heterocycles. The maximum absolute atomic E-state index is 12.6. The van der Waals surface area contributed by atoms with E-state index >= 15 is 0 Å². The number of nitrogens with zero attached hydrogens (tertiary/aromatic N) is 4. The summed E-state index contributed by atoms with van der Waals surface area (Å²) in [5.41, 5.74) is 13.8. The lowest BCUT2D eigenvalue weighted by molar-refractivity contribution is 0.0995. The van der Waals surface area contributed by atoms with Crippen LogP contribution in [0.4, 0.5) is 4.79 Å². The van der Waals surface area contributed by atoms with Gasteiger partial charge in [-0.2, -0.15) is 10.4 Å². The van der Waals surface area contributed by atoms with E-state index in [1.807, 2.05) is 0 Å².